The zero-order valence-corrected chi connectivity index (χ0v) is 52.4. The van der Waals surface area contributed by atoms with E-state index in [1.165, 1.54) is 0 Å². The number of fused-ring (bicyclic) bond motifs is 2. The lowest BCUT2D eigenvalue weighted by Gasteiger charge is -2.56. The first-order valence-electron chi connectivity index (χ1n) is 26.5. The number of rotatable bonds is 23. The highest BCUT2D eigenvalue weighted by Crippen LogP contribution is 2.48. The van der Waals surface area contributed by atoms with Gasteiger partial charge in [-0.1, -0.05) is 119 Å². The van der Waals surface area contributed by atoms with Gasteiger partial charge in [-0.05, 0) is 130 Å². The van der Waals surface area contributed by atoms with Gasteiger partial charge in [0.1, 0.15) is 30.0 Å². The van der Waals surface area contributed by atoms with Crippen LogP contribution in [0.15, 0.2) is 24.6 Å². The van der Waals surface area contributed by atoms with E-state index in [4.69, 9.17) is 36.7 Å². The van der Waals surface area contributed by atoms with Crippen LogP contribution in [-0.2, 0) is 36.7 Å². The van der Waals surface area contributed by atoms with Crippen LogP contribution in [0.1, 0.15) is 141 Å². The molecule has 0 aromatic carbocycles. The molecule has 4 heterocycles. The maximum Gasteiger partial charge on any atom is 0.193 e. The first-order valence-corrected chi connectivity index (χ1v) is 39.2. The van der Waals surface area contributed by atoms with Crippen LogP contribution < -0.4 is 5.32 Å². The predicted molar refractivity (Wildman–Crippen MR) is 297 cm³/mol. The third-order valence-electron chi connectivity index (χ3n) is 17.7. The quantitative estimate of drug-likeness (QED) is 0.0338. The van der Waals surface area contributed by atoms with E-state index in [9.17, 15) is 5.11 Å². The van der Waals surface area contributed by atoms with Crippen molar-refractivity contribution >= 4 is 55.9 Å². The number of halogens is 1. The second kappa shape index (κ2) is 23.7. The molecule has 0 aliphatic carbocycles. The van der Waals surface area contributed by atoms with Crippen molar-refractivity contribution in [1.29, 1.82) is 0 Å². The van der Waals surface area contributed by atoms with Gasteiger partial charge < -0.3 is 47.1 Å². The van der Waals surface area contributed by atoms with Gasteiger partial charge in [-0.2, -0.15) is 0 Å². The van der Waals surface area contributed by atoms with Gasteiger partial charge in [0.25, 0.3) is 0 Å². The van der Waals surface area contributed by atoms with Gasteiger partial charge in [-0.15, -0.1) is 0 Å². The molecule has 4 aliphatic rings. The molecule has 0 amide bonds. The Kier molecular flexibility index (Phi) is 21.2. The summed E-state index contributed by atoms with van der Waals surface area (Å²) in [7, 11) is -8.83. The molecule has 0 bridgehead atoms. The third kappa shape index (κ3) is 15.0. The van der Waals surface area contributed by atoms with Gasteiger partial charge in [-0.3, -0.25) is 0 Å². The average Bonchev–Trinajstić information content (AvgIpc) is 3.59. The Balaban J connectivity index is 1.66. The second-order valence-corrected chi connectivity index (χ2v) is 45.4. The molecule has 4 aliphatic heterocycles. The molecule has 6 unspecified atom stereocenters. The summed E-state index contributed by atoms with van der Waals surface area (Å²) in [4.78, 5) is 0. The fourth-order valence-electron chi connectivity index (χ4n) is 9.59. The topological polar surface area (TPSA) is 106 Å². The number of aliphatic hydroxyl groups is 1. The molecule has 0 saturated carbocycles. The monoisotopic (exact) mass is 1120 g/mol. The van der Waals surface area contributed by atoms with Crippen LogP contribution in [-0.4, -0.2) is 123 Å². The molecule has 12 atom stereocenters. The van der Waals surface area contributed by atoms with Gasteiger partial charge >= 0.3 is 0 Å². The van der Waals surface area contributed by atoms with E-state index >= 15 is 0 Å². The van der Waals surface area contributed by atoms with Crippen LogP contribution in [0.25, 0.3) is 0 Å². The number of allylic oxidation sites excluding steroid dienone is 1. The Morgan fingerprint density at radius 3 is 1.88 bits per heavy atom. The maximum atomic E-state index is 10.0. The van der Waals surface area contributed by atoms with Crippen molar-refractivity contribution in [3.05, 3.63) is 24.6 Å². The van der Waals surface area contributed by atoms with E-state index in [1.807, 2.05) is 6.92 Å². The predicted octanol–water partition coefficient (Wildman–Crippen LogP) is 14.0. The summed E-state index contributed by atoms with van der Waals surface area (Å²) >= 11 is 2.48. The molecule has 0 aromatic rings. The summed E-state index contributed by atoms with van der Waals surface area (Å²) in [5, 5.41) is 13.6. The average molecular weight is 1120 g/mol. The fraction of sp³-hybridized carbons (Fsp3) is 0.923. The van der Waals surface area contributed by atoms with Crippen LogP contribution in [0.2, 0.25) is 72.5 Å². The van der Waals surface area contributed by atoms with E-state index in [-0.39, 0.29) is 81.2 Å². The van der Waals surface area contributed by atoms with Crippen molar-refractivity contribution in [2.24, 2.45) is 5.92 Å². The van der Waals surface area contributed by atoms with E-state index < -0.39 is 45.5 Å². The fourth-order valence-corrected chi connectivity index (χ4v) is 17.1. The van der Waals surface area contributed by atoms with E-state index in [0.717, 1.165) is 87.1 Å². The Hall–Kier alpha value is 0.358. The molecule has 10 nitrogen and oxygen atoms in total. The molecule has 392 valence electrons. The highest BCUT2D eigenvalue weighted by Gasteiger charge is 2.58. The molecule has 15 heteroatoms. The highest BCUT2D eigenvalue weighted by atomic mass is 127. The first kappa shape index (κ1) is 59.9. The summed E-state index contributed by atoms with van der Waals surface area (Å²) in [6, 6.07) is 3.45. The van der Waals surface area contributed by atoms with Crippen LogP contribution in [0.5, 0.6) is 0 Å². The van der Waals surface area contributed by atoms with Crippen molar-refractivity contribution in [3.8, 4) is 0 Å². The van der Waals surface area contributed by atoms with Gasteiger partial charge in [0.05, 0.1) is 42.4 Å². The number of alkyl halides is 1. The lowest BCUT2D eigenvalue weighted by Crippen LogP contribution is -2.69. The van der Waals surface area contributed by atoms with Crippen LogP contribution >= 0.6 is 22.6 Å². The molecule has 4 fully saturated rings. The van der Waals surface area contributed by atoms with Crippen molar-refractivity contribution in [2.45, 2.75) is 281 Å². The molecule has 0 aromatic heterocycles. The Morgan fingerprint density at radius 1 is 0.776 bits per heavy atom. The van der Waals surface area contributed by atoms with Crippen LogP contribution in [0, 0.1) is 5.92 Å². The normalized spacial score (nSPS) is 31.4. The highest BCUT2D eigenvalue weighted by molar-refractivity contribution is 14.1. The molecule has 4 saturated heterocycles. The summed E-state index contributed by atoms with van der Waals surface area (Å²) in [5.41, 5.74) is -0.288. The zero-order valence-electron chi connectivity index (χ0n) is 46.2. The number of hydrogen-bond acceptors (Lipinski definition) is 10. The van der Waals surface area contributed by atoms with Gasteiger partial charge in [-0.25, -0.2) is 0 Å². The smallest absolute Gasteiger partial charge is 0.193 e. The zero-order chi connectivity index (χ0) is 50.6. The molecular weight excluding hydrogens is 1020 g/mol. The number of aliphatic hydroxyl groups excluding tert-OH is 1. The van der Waals surface area contributed by atoms with Gasteiger partial charge in [0.15, 0.2) is 33.3 Å². The number of hydrogen-bond donors (Lipinski definition) is 2. The van der Waals surface area contributed by atoms with Crippen LogP contribution in [0.4, 0.5) is 0 Å². The molecule has 67 heavy (non-hydrogen) atoms. The molecule has 0 spiro atoms. The maximum absolute atomic E-state index is 10.0. The van der Waals surface area contributed by atoms with Gasteiger partial charge in [0.2, 0.25) is 0 Å². The van der Waals surface area contributed by atoms with Crippen molar-refractivity contribution in [3.63, 3.8) is 0 Å². The summed E-state index contributed by atoms with van der Waals surface area (Å²) in [6.45, 7) is 49.2. The number of nitrogens with one attached hydrogen (secondary N) is 1. The van der Waals surface area contributed by atoms with E-state index in [0.29, 0.717) is 0 Å². The molecule has 2 N–H and O–H groups in total. The molecule has 0 radical (unpaired) electrons. The third-order valence-corrected chi connectivity index (χ3v) is 37.1. The summed E-state index contributed by atoms with van der Waals surface area (Å²) < 4.78 is 58.9. The first-order chi connectivity index (χ1) is 30.8. The minimum atomic E-state index is -2.41. The Labute approximate surface area is 428 Å². The minimum absolute atomic E-state index is 0.0176. The van der Waals surface area contributed by atoms with Crippen molar-refractivity contribution in [2.75, 3.05) is 17.6 Å². The van der Waals surface area contributed by atoms with E-state index in [1.54, 1.807) is 0 Å². The molecule has 4 rings (SSSR count). The van der Waals surface area contributed by atoms with Gasteiger partial charge in [0, 0.05) is 29.9 Å². The summed E-state index contributed by atoms with van der Waals surface area (Å²) in [5.74, 6) is 0.253. The lowest BCUT2D eigenvalue weighted by molar-refractivity contribution is -0.267. The van der Waals surface area contributed by atoms with Crippen molar-refractivity contribution in [1.82, 2.24) is 5.32 Å². The lowest BCUT2D eigenvalue weighted by atomic mass is 9.86. The minimum Gasteiger partial charge on any atom is -0.513 e. The number of ether oxygens (including phenoxy) is 4. The van der Waals surface area contributed by atoms with Crippen molar-refractivity contribution < 1.29 is 41.8 Å². The second-order valence-electron chi connectivity index (χ2n) is 25.5. The largest absolute Gasteiger partial charge is 0.513 e. The SMILES string of the molecule is C=C(O)[C@H](C)CC1CC[C@@H]2O[C@@H](CCN/C=C/C(O[Si](C)(C)C(C)(C)C)[C@@H]3O[C@H]4CCC(CCO[Si](CC)(CC)CC)O[C@@H]4C(O[Si](C)(C)C(C)(C)C)C3O[Si](C)(C)C(C)(C)C)CC2(CI)O1. The standard InChI is InChI=1S/C52H102INO9Si4/c1-21-67(22-2,23-3)56-33-30-39-24-26-42-45(58-39)47(62-65(17,18)50(9,10)11)48(63-66(19,20)51(12,13)14)46(59-42)43(61-64(15,16)49(6,7)8)29-32-54-31-28-41-35-52(36-53)44(57-41)27-25-40(60-52)34-37(4)38(5)55/h29,32,37,39-48,54-55H,5,21-28,30-31,33-36H2,1-4,6-20H3/b32-29+/t37-,39?,40?,41+,42+,43?,44+,45+,46+,47?,48?,52?/m1/s1. The van der Waals surface area contributed by atoms with E-state index in [2.05, 4.69) is 169 Å². The Morgan fingerprint density at radius 2 is 1.34 bits per heavy atom. The Bertz CT molecular complexity index is 1590. The molecular formula is C52H102INO9Si4. The summed E-state index contributed by atoms with van der Waals surface area (Å²) in [6.07, 6.45) is 9.91. The van der Waals surface area contributed by atoms with Crippen LogP contribution in [0.3, 0.4) is 0 Å².